The van der Waals surface area contributed by atoms with Crippen LogP contribution in [-0.2, 0) is 6.42 Å². The molecule has 18 heavy (non-hydrogen) atoms. The molecule has 0 amide bonds. The minimum atomic E-state index is 0.250. The standard InChI is InChI=1S/C14H20Cl2N2/c1-9-4-2-5-10(9)14(18-17)8-11-12(15)6-3-7-13(11)16/h3,6-7,9-10,14,18H,2,4-5,8,17H2,1H3. The second-order valence-electron chi connectivity index (χ2n) is 5.25. The number of halogens is 2. The van der Waals surface area contributed by atoms with E-state index in [4.69, 9.17) is 29.0 Å². The van der Waals surface area contributed by atoms with Crippen molar-refractivity contribution in [2.75, 3.05) is 0 Å². The molecule has 1 aromatic carbocycles. The van der Waals surface area contributed by atoms with Crippen LogP contribution < -0.4 is 11.3 Å². The van der Waals surface area contributed by atoms with E-state index in [1.807, 2.05) is 18.2 Å². The molecule has 1 saturated carbocycles. The molecule has 0 spiro atoms. The highest BCUT2D eigenvalue weighted by molar-refractivity contribution is 6.36. The van der Waals surface area contributed by atoms with Gasteiger partial charge in [0.2, 0.25) is 0 Å². The second kappa shape index (κ2) is 6.25. The smallest absolute Gasteiger partial charge is 0.0453 e. The maximum Gasteiger partial charge on any atom is 0.0453 e. The first-order valence-corrected chi connectivity index (χ1v) is 7.28. The van der Waals surface area contributed by atoms with E-state index in [0.29, 0.717) is 11.8 Å². The van der Waals surface area contributed by atoms with Gasteiger partial charge in [-0.3, -0.25) is 11.3 Å². The van der Waals surface area contributed by atoms with Gasteiger partial charge < -0.3 is 0 Å². The summed E-state index contributed by atoms with van der Waals surface area (Å²) in [6, 6.07) is 5.89. The van der Waals surface area contributed by atoms with Gasteiger partial charge in [-0.05, 0) is 42.4 Å². The maximum absolute atomic E-state index is 6.22. The summed E-state index contributed by atoms with van der Waals surface area (Å²) in [6.45, 7) is 2.30. The zero-order chi connectivity index (χ0) is 13.1. The number of nitrogens with one attached hydrogen (secondary N) is 1. The van der Waals surface area contributed by atoms with Crippen molar-refractivity contribution in [3.8, 4) is 0 Å². The molecule has 0 aliphatic heterocycles. The van der Waals surface area contributed by atoms with Crippen molar-refractivity contribution in [3.05, 3.63) is 33.8 Å². The van der Waals surface area contributed by atoms with E-state index in [1.54, 1.807) is 0 Å². The normalized spacial score (nSPS) is 25.3. The van der Waals surface area contributed by atoms with Gasteiger partial charge >= 0.3 is 0 Å². The third kappa shape index (κ3) is 3.00. The van der Waals surface area contributed by atoms with Crippen molar-refractivity contribution < 1.29 is 0 Å². The minimum Gasteiger partial charge on any atom is -0.271 e. The largest absolute Gasteiger partial charge is 0.271 e. The van der Waals surface area contributed by atoms with Crippen LogP contribution in [0.3, 0.4) is 0 Å². The van der Waals surface area contributed by atoms with Crippen LogP contribution in [0.15, 0.2) is 18.2 Å². The number of hydrazine groups is 1. The van der Waals surface area contributed by atoms with E-state index < -0.39 is 0 Å². The molecule has 1 aliphatic carbocycles. The third-order valence-electron chi connectivity index (χ3n) is 4.14. The Bertz CT molecular complexity index is 389. The highest BCUT2D eigenvalue weighted by Crippen LogP contribution is 2.36. The lowest BCUT2D eigenvalue weighted by Gasteiger charge is -2.27. The summed E-state index contributed by atoms with van der Waals surface area (Å²) in [5, 5.41) is 1.46. The fourth-order valence-corrected chi connectivity index (χ4v) is 3.60. The minimum absolute atomic E-state index is 0.250. The Labute approximate surface area is 119 Å². The summed E-state index contributed by atoms with van der Waals surface area (Å²) in [6.07, 6.45) is 4.61. The Morgan fingerprint density at radius 3 is 2.50 bits per heavy atom. The predicted octanol–water partition coefficient (Wildman–Crippen LogP) is 3.80. The van der Waals surface area contributed by atoms with Crippen molar-refractivity contribution in [2.24, 2.45) is 17.7 Å². The Hall–Kier alpha value is -0.280. The molecule has 3 atom stereocenters. The van der Waals surface area contributed by atoms with Gasteiger partial charge in [0.15, 0.2) is 0 Å². The Morgan fingerprint density at radius 2 is 2.00 bits per heavy atom. The zero-order valence-corrected chi connectivity index (χ0v) is 12.1. The summed E-state index contributed by atoms with van der Waals surface area (Å²) < 4.78 is 0. The Morgan fingerprint density at radius 1 is 1.33 bits per heavy atom. The molecular formula is C14H20Cl2N2. The van der Waals surface area contributed by atoms with Gasteiger partial charge in [-0.15, -0.1) is 0 Å². The predicted molar refractivity (Wildman–Crippen MR) is 77.8 cm³/mol. The van der Waals surface area contributed by atoms with Crippen molar-refractivity contribution in [1.82, 2.24) is 5.43 Å². The highest BCUT2D eigenvalue weighted by Gasteiger charge is 2.31. The van der Waals surface area contributed by atoms with Crippen LogP contribution in [0.5, 0.6) is 0 Å². The topological polar surface area (TPSA) is 38.0 Å². The fourth-order valence-electron chi connectivity index (χ4n) is 3.05. The molecule has 3 unspecified atom stereocenters. The Kier molecular flexibility index (Phi) is 4.91. The van der Waals surface area contributed by atoms with Crippen molar-refractivity contribution in [1.29, 1.82) is 0 Å². The molecule has 1 fully saturated rings. The first-order valence-electron chi connectivity index (χ1n) is 6.52. The van der Waals surface area contributed by atoms with Gasteiger partial charge in [-0.1, -0.05) is 49.0 Å². The molecule has 100 valence electrons. The van der Waals surface area contributed by atoms with Crippen molar-refractivity contribution in [2.45, 2.75) is 38.6 Å². The molecule has 3 N–H and O–H groups in total. The Balaban J connectivity index is 2.15. The van der Waals surface area contributed by atoms with E-state index in [-0.39, 0.29) is 6.04 Å². The lowest BCUT2D eigenvalue weighted by molar-refractivity contribution is 0.297. The van der Waals surface area contributed by atoms with E-state index in [1.165, 1.54) is 19.3 Å². The third-order valence-corrected chi connectivity index (χ3v) is 4.85. The molecule has 1 aliphatic rings. The van der Waals surface area contributed by atoms with E-state index in [0.717, 1.165) is 22.0 Å². The molecule has 0 radical (unpaired) electrons. The van der Waals surface area contributed by atoms with Gasteiger partial charge in [0, 0.05) is 16.1 Å². The molecule has 0 saturated heterocycles. The van der Waals surface area contributed by atoms with Gasteiger partial charge in [0.1, 0.15) is 0 Å². The quantitative estimate of drug-likeness (QED) is 0.653. The number of rotatable bonds is 4. The van der Waals surface area contributed by atoms with Crippen molar-refractivity contribution in [3.63, 3.8) is 0 Å². The second-order valence-corrected chi connectivity index (χ2v) is 6.06. The van der Waals surface area contributed by atoms with E-state index >= 15 is 0 Å². The van der Waals surface area contributed by atoms with Gasteiger partial charge in [0.05, 0.1) is 0 Å². The van der Waals surface area contributed by atoms with Crippen molar-refractivity contribution >= 4 is 23.2 Å². The van der Waals surface area contributed by atoms with E-state index in [2.05, 4.69) is 12.3 Å². The molecule has 4 heteroatoms. The van der Waals surface area contributed by atoms with Crippen LogP contribution in [0, 0.1) is 11.8 Å². The molecule has 0 heterocycles. The van der Waals surface area contributed by atoms with Crippen LogP contribution in [0.25, 0.3) is 0 Å². The first kappa shape index (κ1) is 14.1. The lowest BCUT2D eigenvalue weighted by Crippen LogP contribution is -2.43. The number of hydrogen-bond donors (Lipinski definition) is 2. The summed E-state index contributed by atoms with van der Waals surface area (Å²) in [5.41, 5.74) is 3.96. The van der Waals surface area contributed by atoms with E-state index in [9.17, 15) is 0 Å². The van der Waals surface area contributed by atoms with Crippen LogP contribution in [0.1, 0.15) is 31.7 Å². The first-order chi connectivity index (χ1) is 8.63. The maximum atomic E-state index is 6.22. The van der Waals surface area contributed by atoms with Gasteiger partial charge in [-0.25, -0.2) is 0 Å². The van der Waals surface area contributed by atoms with Crippen LogP contribution >= 0.6 is 23.2 Å². The van der Waals surface area contributed by atoms with Gasteiger partial charge in [0.25, 0.3) is 0 Å². The average Bonchev–Trinajstić information content (AvgIpc) is 2.76. The fraction of sp³-hybridized carbons (Fsp3) is 0.571. The summed E-state index contributed by atoms with van der Waals surface area (Å²) in [7, 11) is 0. The van der Waals surface area contributed by atoms with Crippen LogP contribution in [-0.4, -0.2) is 6.04 Å². The number of nitrogens with two attached hydrogens (primary N) is 1. The monoisotopic (exact) mass is 286 g/mol. The SMILES string of the molecule is CC1CCCC1C(Cc1c(Cl)cccc1Cl)NN. The molecule has 0 aromatic heterocycles. The number of benzene rings is 1. The van der Waals surface area contributed by atoms with Crippen LogP contribution in [0.2, 0.25) is 10.0 Å². The average molecular weight is 287 g/mol. The molecule has 0 bridgehead atoms. The molecule has 2 rings (SSSR count). The van der Waals surface area contributed by atoms with Crippen LogP contribution in [0.4, 0.5) is 0 Å². The highest BCUT2D eigenvalue weighted by atomic mass is 35.5. The lowest BCUT2D eigenvalue weighted by atomic mass is 9.87. The molecule has 1 aromatic rings. The van der Waals surface area contributed by atoms with Gasteiger partial charge in [-0.2, -0.15) is 0 Å². The molecular weight excluding hydrogens is 267 g/mol. The molecule has 2 nitrogen and oxygen atoms in total. The number of hydrogen-bond acceptors (Lipinski definition) is 2. The summed E-state index contributed by atoms with van der Waals surface area (Å²) >= 11 is 12.4. The zero-order valence-electron chi connectivity index (χ0n) is 10.6. The summed E-state index contributed by atoms with van der Waals surface area (Å²) in [4.78, 5) is 0. The summed E-state index contributed by atoms with van der Waals surface area (Å²) in [5.74, 6) is 7.06.